The number of fused-ring (bicyclic) bond motifs is 1. The van der Waals surface area contributed by atoms with Gasteiger partial charge in [-0.3, -0.25) is 4.79 Å². The lowest BCUT2D eigenvalue weighted by atomic mass is 10.2. The van der Waals surface area contributed by atoms with E-state index in [2.05, 4.69) is 4.98 Å². The summed E-state index contributed by atoms with van der Waals surface area (Å²) in [6.45, 7) is 0.386. The summed E-state index contributed by atoms with van der Waals surface area (Å²) in [7, 11) is 0. The molecule has 1 aromatic heterocycles. The first-order chi connectivity index (χ1) is 13.2. The third-order valence-corrected chi connectivity index (χ3v) is 4.40. The van der Waals surface area contributed by atoms with Crippen LogP contribution in [-0.4, -0.2) is 17.7 Å². The van der Waals surface area contributed by atoms with Crippen LogP contribution in [0, 0.1) is 0 Å². The van der Waals surface area contributed by atoms with Crippen LogP contribution in [0.1, 0.15) is 17.9 Å². The van der Waals surface area contributed by atoms with Crippen molar-refractivity contribution in [1.82, 2.24) is 4.98 Å². The number of carbonyl (C=O) groups excluding carboxylic acids is 1. The van der Waals surface area contributed by atoms with Gasteiger partial charge in [-0.15, -0.1) is 0 Å². The lowest BCUT2D eigenvalue weighted by Gasteiger charge is -2.05. The number of rotatable bonds is 6. The molecule has 7 heteroatoms. The Kier molecular flexibility index (Phi) is 4.98. The number of nitrogens with zero attached hydrogens (tertiary/aromatic N) is 1. The van der Waals surface area contributed by atoms with Gasteiger partial charge in [0.2, 0.25) is 6.79 Å². The van der Waals surface area contributed by atoms with Crippen LogP contribution in [0.4, 0.5) is 0 Å². The van der Waals surface area contributed by atoms with Crippen LogP contribution in [0.3, 0.4) is 0 Å². The molecule has 2 heterocycles. The second-order valence-corrected chi connectivity index (χ2v) is 6.35. The molecule has 0 unspecified atom stereocenters. The van der Waals surface area contributed by atoms with E-state index in [1.54, 1.807) is 24.4 Å². The number of aromatic nitrogens is 1. The topological polar surface area (TPSA) is 70.8 Å². The van der Waals surface area contributed by atoms with Crippen LogP contribution < -0.4 is 9.47 Å². The molecule has 0 saturated carbocycles. The molecule has 0 spiro atoms. The fourth-order valence-corrected chi connectivity index (χ4v) is 2.92. The quantitative estimate of drug-likeness (QED) is 0.586. The monoisotopic (exact) mass is 385 g/mol. The van der Waals surface area contributed by atoms with Gasteiger partial charge < -0.3 is 18.6 Å². The van der Waals surface area contributed by atoms with Crippen molar-refractivity contribution in [1.29, 1.82) is 0 Å². The summed E-state index contributed by atoms with van der Waals surface area (Å²) in [5.41, 5.74) is 1.60. The minimum absolute atomic E-state index is 0.173. The predicted octanol–water partition coefficient (Wildman–Crippen LogP) is 4.40. The summed E-state index contributed by atoms with van der Waals surface area (Å²) in [6.07, 6.45) is 2.13. The fraction of sp³-hybridized carbons (Fsp3) is 0.200. The Bertz CT molecular complexity index is 969. The maximum Gasteiger partial charge on any atom is 0.306 e. The standard InChI is InChI=1S/C20H16ClNO5/c21-15-4-2-1-3-14(15)18-10-22-19(27-18)7-8-20(23)24-11-13-5-6-16-17(9-13)26-12-25-16/h1-6,9-10H,7-8,11-12H2. The van der Waals surface area contributed by atoms with Gasteiger partial charge in [0.25, 0.3) is 0 Å². The van der Waals surface area contributed by atoms with Gasteiger partial charge in [-0.1, -0.05) is 29.8 Å². The minimum atomic E-state index is -0.329. The first kappa shape index (κ1) is 17.4. The molecule has 0 fully saturated rings. The molecule has 27 heavy (non-hydrogen) atoms. The summed E-state index contributed by atoms with van der Waals surface area (Å²) in [4.78, 5) is 16.2. The highest BCUT2D eigenvalue weighted by molar-refractivity contribution is 6.33. The van der Waals surface area contributed by atoms with E-state index in [0.717, 1.165) is 11.1 Å². The van der Waals surface area contributed by atoms with Crippen molar-refractivity contribution in [3.05, 3.63) is 65.1 Å². The van der Waals surface area contributed by atoms with Gasteiger partial charge in [0, 0.05) is 12.0 Å². The Hall–Kier alpha value is -2.99. The lowest BCUT2D eigenvalue weighted by Crippen LogP contribution is -2.06. The number of hydrogen-bond acceptors (Lipinski definition) is 6. The van der Waals surface area contributed by atoms with Crippen molar-refractivity contribution in [2.75, 3.05) is 6.79 Å². The third-order valence-electron chi connectivity index (χ3n) is 4.07. The SMILES string of the molecule is O=C(CCc1ncc(-c2ccccc2Cl)o1)OCc1ccc2c(c1)OCO2. The van der Waals surface area contributed by atoms with E-state index in [0.29, 0.717) is 34.6 Å². The molecule has 0 N–H and O–H groups in total. The molecule has 0 amide bonds. The molecule has 1 aliphatic rings. The Morgan fingerprint density at radius 1 is 1.15 bits per heavy atom. The number of halogens is 1. The average Bonchev–Trinajstić information content (AvgIpc) is 3.34. The highest BCUT2D eigenvalue weighted by Gasteiger charge is 2.15. The second kappa shape index (κ2) is 7.72. The van der Waals surface area contributed by atoms with Crippen molar-refractivity contribution >= 4 is 17.6 Å². The molecular weight excluding hydrogens is 370 g/mol. The van der Waals surface area contributed by atoms with Gasteiger partial charge in [-0.05, 0) is 29.8 Å². The molecule has 2 aromatic carbocycles. The molecule has 6 nitrogen and oxygen atoms in total. The summed E-state index contributed by atoms with van der Waals surface area (Å²) >= 11 is 6.15. The van der Waals surface area contributed by atoms with Crippen LogP contribution in [0.25, 0.3) is 11.3 Å². The van der Waals surface area contributed by atoms with Crippen molar-refractivity contribution in [3.63, 3.8) is 0 Å². The molecule has 1 aliphatic heterocycles. The van der Waals surface area contributed by atoms with Crippen molar-refractivity contribution in [2.45, 2.75) is 19.4 Å². The first-order valence-electron chi connectivity index (χ1n) is 8.43. The van der Waals surface area contributed by atoms with Gasteiger partial charge in [0.15, 0.2) is 23.1 Å². The number of esters is 1. The molecule has 0 radical (unpaired) electrons. The molecule has 0 saturated heterocycles. The zero-order valence-electron chi connectivity index (χ0n) is 14.3. The highest BCUT2D eigenvalue weighted by Crippen LogP contribution is 2.32. The Morgan fingerprint density at radius 3 is 2.89 bits per heavy atom. The second-order valence-electron chi connectivity index (χ2n) is 5.95. The Balaban J connectivity index is 1.29. The van der Waals surface area contributed by atoms with E-state index in [1.807, 2.05) is 24.3 Å². The average molecular weight is 386 g/mol. The zero-order chi connectivity index (χ0) is 18.6. The van der Waals surface area contributed by atoms with Crippen LogP contribution in [0.5, 0.6) is 11.5 Å². The van der Waals surface area contributed by atoms with E-state index in [-0.39, 0.29) is 25.8 Å². The van der Waals surface area contributed by atoms with E-state index < -0.39 is 0 Å². The fourth-order valence-electron chi connectivity index (χ4n) is 2.69. The third kappa shape index (κ3) is 4.06. The van der Waals surface area contributed by atoms with E-state index in [1.165, 1.54) is 0 Å². The molecule has 0 aliphatic carbocycles. The molecule has 0 bridgehead atoms. The van der Waals surface area contributed by atoms with Gasteiger partial charge >= 0.3 is 5.97 Å². The zero-order valence-corrected chi connectivity index (χ0v) is 15.1. The van der Waals surface area contributed by atoms with E-state index in [4.69, 9.17) is 30.2 Å². The van der Waals surface area contributed by atoms with Gasteiger partial charge in [-0.2, -0.15) is 0 Å². The van der Waals surface area contributed by atoms with Crippen LogP contribution >= 0.6 is 11.6 Å². The molecule has 138 valence electrons. The van der Waals surface area contributed by atoms with Crippen LogP contribution in [-0.2, 0) is 22.6 Å². The number of oxazole rings is 1. The largest absolute Gasteiger partial charge is 0.461 e. The lowest BCUT2D eigenvalue weighted by molar-refractivity contribution is -0.145. The number of aryl methyl sites for hydroxylation is 1. The smallest absolute Gasteiger partial charge is 0.306 e. The Morgan fingerprint density at radius 2 is 2.00 bits per heavy atom. The van der Waals surface area contributed by atoms with Gasteiger partial charge in [0.1, 0.15) is 6.61 Å². The van der Waals surface area contributed by atoms with Crippen molar-refractivity contribution in [2.24, 2.45) is 0 Å². The minimum Gasteiger partial charge on any atom is -0.461 e. The maximum atomic E-state index is 12.0. The van der Waals surface area contributed by atoms with Gasteiger partial charge in [0.05, 0.1) is 17.6 Å². The number of carbonyl (C=O) groups is 1. The number of benzene rings is 2. The summed E-state index contributed by atoms with van der Waals surface area (Å²) in [6, 6.07) is 12.8. The van der Waals surface area contributed by atoms with E-state index >= 15 is 0 Å². The number of ether oxygens (including phenoxy) is 3. The molecule has 3 aromatic rings. The maximum absolute atomic E-state index is 12.0. The predicted molar refractivity (Wildman–Crippen MR) is 97.6 cm³/mol. The Labute approximate surface area is 160 Å². The van der Waals surface area contributed by atoms with E-state index in [9.17, 15) is 4.79 Å². The summed E-state index contributed by atoms with van der Waals surface area (Å²) < 4.78 is 21.5. The van der Waals surface area contributed by atoms with Gasteiger partial charge in [-0.25, -0.2) is 4.98 Å². The molecule has 0 atom stereocenters. The normalized spacial score (nSPS) is 12.2. The highest BCUT2D eigenvalue weighted by atomic mass is 35.5. The number of hydrogen-bond donors (Lipinski definition) is 0. The summed E-state index contributed by atoms with van der Waals surface area (Å²) in [5, 5.41) is 0.586. The van der Waals surface area contributed by atoms with Crippen LogP contribution in [0.2, 0.25) is 5.02 Å². The van der Waals surface area contributed by atoms with Crippen molar-refractivity contribution in [3.8, 4) is 22.8 Å². The molecule has 4 rings (SSSR count). The molecular formula is C20H16ClNO5. The van der Waals surface area contributed by atoms with Crippen molar-refractivity contribution < 1.29 is 23.4 Å². The summed E-state index contributed by atoms with van der Waals surface area (Å²) in [5.74, 6) is 2.07. The van der Waals surface area contributed by atoms with Crippen LogP contribution in [0.15, 0.2) is 53.1 Å². The first-order valence-corrected chi connectivity index (χ1v) is 8.80.